The number of carbonyl (C=O) groups excluding carboxylic acids is 1. The summed E-state index contributed by atoms with van der Waals surface area (Å²) in [6, 6.07) is 7.95. The van der Waals surface area contributed by atoms with Gasteiger partial charge in [0, 0.05) is 12.3 Å². The molecule has 3 heterocycles. The summed E-state index contributed by atoms with van der Waals surface area (Å²) < 4.78 is 1.39. The van der Waals surface area contributed by atoms with Gasteiger partial charge in [-0.2, -0.15) is 5.21 Å². The first kappa shape index (κ1) is 11.1. The quantitative estimate of drug-likeness (QED) is 0.674. The van der Waals surface area contributed by atoms with E-state index < -0.39 is 5.91 Å². The second-order valence-electron chi connectivity index (χ2n) is 3.73. The Balaban J connectivity index is 2.08. The minimum absolute atomic E-state index is 0.0743. The van der Waals surface area contributed by atoms with Gasteiger partial charge in [-0.05, 0) is 23.4 Å². The summed E-state index contributed by atoms with van der Waals surface area (Å²) >= 11 is 0. The third-order valence-corrected chi connectivity index (χ3v) is 2.58. The van der Waals surface area contributed by atoms with E-state index in [-0.39, 0.29) is 11.5 Å². The molecule has 0 atom stereocenters. The van der Waals surface area contributed by atoms with Crippen LogP contribution in [-0.2, 0) is 0 Å². The van der Waals surface area contributed by atoms with Gasteiger partial charge in [0.15, 0.2) is 0 Å². The third kappa shape index (κ3) is 1.95. The predicted octanol–water partition coefficient (Wildman–Crippen LogP) is 0.0649. The topological polar surface area (TPSA) is 105 Å². The fraction of sp³-hybridized carbons (Fsp3) is 0. The van der Waals surface area contributed by atoms with E-state index >= 15 is 0 Å². The van der Waals surface area contributed by atoms with E-state index in [4.69, 9.17) is 0 Å². The van der Waals surface area contributed by atoms with Crippen molar-refractivity contribution in [2.45, 2.75) is 0 Å². The average Bonchev–Trinajstić information content (AvgIpc) is 2.92. The molecule has 3 rings (SSSR count). The van der Waals surface area contributed by atoms with Crippen LogP contribution in [0.15, 0.2) is 41.3 Å². The van der Waals surface area contributed by atoms with Crippen LogP contribution in [-0.4, -0.2) is 30.9 Å². The van der Waals surface area contributed by atoms with Crippen LogP contribution in [0.1, 0.15) is 10.4 Å². The molecule has 3 aromatic rings. The molecule has 0 saturated carbocycles. The molecule has 0 spiro atoms. The maximum atomic E-state index is 12.1. The number of H-pyrrole nitrogens is 1. The van der Waals surface area contributed by atoms with Gasteiger partial charge in [0.05, 0.1) is 11.1 Å². The minimum atomic E-state index is -0.412. The van der Waals surface area contributed by atoms with E-state index in [0.29, 0.717) is 11.1 Å². The zero-order valence-electron chi connectivity index (χ0n) is 9.57. The van der Waals surface area contributed by atoms with Crippen molar-refractivity contribution in [3.8, 4) is 0 Å². The van der Waals surface area contributed by atoms with Crippen LogP contribution >= 0.6 is 0 Å². The molecular weight excluding hydrogens is 248 g/mol. The van der Waals surface area contributed by atoms with E-state index in [2.05, 4.69) is 25.9 Å². The molecule has 8 nitrogen and oxygen atoms in total. The molecule has 0 aliphatic rings. The molecule has 3 aromatic heterocycles. The predicted molar refractivity (Wildman–Crippen MR) is 65.8 cm³/mol. The van der Waals surface area contributed by atoms with Crippen LogP contribution in [0.4, 0.5) is 5.95 Å². The number of aromatic nitrogens is 5. The fourth-order valence-corrected chi connectivity index (χ4v) is 1.75. The Hall–Kier alpha value is -3.03. The molecule has 0 aromatic carbocycles. The first-order chi connectivity index (χ1) is 9.25. The lowest BCUT2D eigenvalue weighted by molar-refractivity contribution is 0.102. The molecule has 0 saturated heterocycles. The monoisotopic (exact) mass is 256 g/mol. The summed E-state index contributed by atoms with van der Waals surface area (Å²) in [4.78, 5) is 23.8. The molecule has 0 unspecified atom stereocenters. The highest BCUT2D eigenvalue weighted by Gasteiger charge is 2.12. The average molecular weight is 256 g/mol. The van der Waals surface area contributed by atoms with Crippen molar-refractivity contribution < 1.29 is 4.79 Å². The van der Waals surface area contributed by atoms with Crippen molar-refractivity contribution >= 4 is 17.4 Å². The maximum Gasteiger partial charge on any atom is 0.270 e. The van der Waals surface area contributed by atoms with Gasteiger partial charge in [0.25, 0.3) is 17.4 Å². The first-order valence-corrected chi connectivity index (χ1v) is 5.41. The van der Waals surface area contributed by atoms with E-state index in [1.54, 1.807) is 24.4 Å². The zero-order chi connectivity index (χ0) is 13.2. The summed E-state index contributed by atoms with van der Waals surface area (Å²) in [5.74, 6) is -0.338. The van der Waals surface area contributed by atoms with Crippen LogP contribution in [0.2, 0.25) is 0 Å². The second-order valence-corrected chi connectivity index (χ2v) is 3.73. The van der Waals surface area contributed by atoms with Gasteiger partial charge in [-0.1, -0.05) is 11.2 Å². The van der Waals surface area contributed by atoms with Crippen LogP contribution < -0.4 is 10.9 Å². The lowest BCUT2D eigenvalue weighted by Gasteiger charge is -2.06. The summed E-state index contributed by atoms with van der Waals surface area (Å²) in [5, 5.41) is 15.3. The number of fused-ring (bicyclic) bond motifs is 1. The van der Waals surface area contributed by atoms with E-state index in [1.165, 1.54) is 16.5 Å². The van der Waals surface area contributed by atoms with Crippen molar-refractivity contribution in [2.24, 2.45) is 0 Å². The maximum absolute atomic E-state index is 12.1. The largest absolute Gasteiger partial charge is 0.288 e. The molecule has 94 valence electrons. The number of carbonyl (C=O) groups is 1. The van der Waals surface area contributed by atoms with E-state index in [1.807, 2.05) is 0 Å². The fourth-order valence-electron chi connectivity index (χ4n) is 1.75. The molecule has 0 radical (unpaired) electrons. The number of aromatic amines is 1. The van der Waals surface area contributed by atoms with Gasteiger partial charge in [0.1, 0.15) is 0 Å². The Labute approximate surface area is 106 Å². The lowest BCUT2D eigenvalue weighted by Crippen LogP contribution is -2.19. The molecule has 19 heavy (non-hydrogen) atoms. The molecule has 8 heteroatoms. The number of hydrogen-bond acceptors (Lipinski definition) is 5. The van der Waals surface area contributed by atoms with Crippen LogP contribution in [0, 0.1) is 0 Å². The Morgan fingerprint density at radius 2 is 2.16 bits per heavy atom. The number of anilines is 1. The number of tetrazole rings is 1. The lowest BCUT2D eigenvalue weighted by atomic mass is 10.2. The van der Waals surface area contributed by atoms with Crippen molar-refractivity contribution in [3.63, 3.8) is 0 Å². The Morgan fingerprint density at radius 3 is 2.95 bits per heavy atom. The summed E-state index contributed by atoms with van der Waals surface area (Å²) in [7, 11) is 0. The SMILES string of the molecule is O=C(Nc1nn[nH]n1)c1ccc(=O)n2ccccc12. The number of nitrogens with zero attached hydrogens (tertiary/aromatic N) is 4. The van der Waals surface area contributed by atoms with Crippen molar-refractivity contribution in [1.82, 2.24) is 25.0 Å². The highest BCUT2D eigenvalue weighted by Crippen LogP contribution is 2.09. The molecule has 1 amide bonds. The Morgan fingerprint density at radius 1 is 1.26 bits per heavy atom. The Kier molecular flexibility index (Phi) is 2.53. The van der Waals surface area contributed by atoms with Crippen LogP contribution in [0.25, 0.3) is 5.52 Å². The van der Waals surface area contributed by atoms with E-state index in [9.17, 15) is 9.59 Å². The van der Waals surface area contributed by atoms with E-state index in [0.717, 1.165) is 0 Å². The van der Waals surface area contributed by atoms with Crippen LogP contribution in [0.5, 0.6) is 0 Å². The highest BCUT2D eigenvalue weighted by atomic mass is 16.2. The highest BCUT2D eigenvalue weighted by molar-refractivity contribution is 6.08. The molecule has 2 N–H and O–H groups in total. The number of rotatable bonds is 2. The number of amides is 1. The summed E-state index contributed by atoms with van der Waals surface area (Å²) in [6.45, 7) is 0. The molecule has 0 fully saturated rings. The Bertz CT molecular complexity index is 792. The molecule has 0 aliphatic carbocycles. The molecular formula is C11H8N6O2. The third-order valence-electron chi connectivity index (χ3n) is 2.58. The normalized spacial score (nSPS) is 10.5. The van der Waals surface area contributed by atoms with Crippen molar-refractivity contribution in [2.75, 3.05) is 5.32 Å². The minimum Gasteiger partial charge on any atom is -0.288 e. The molecule has 0 aliphatic heterocycles. The van der Waals surface area contributed by atoms with Gasteiger partial charge >= 0.3 is 0 Å². The second kappa shape index (κ2) is 4.33. The summed E-state index contributed by atoms with van der Waals surface area (Å²) in [6.07, 6.45) is 1.60. The smallest absolute Gasteiger partial charge is 0.270 e. The van der Waals surface area contributed by atoms with Gasteiger partial charge in [0.2, 0.25) is 0 Å². The van der Waals surface area contributed by atoms with Crippen molar-refractivity contribution in [1.29, 1.82) is 0 Å². The number of nitrogens with one attached hydrogen (secondary N) is 2. The van der Waals surface area contributed by atoms with Crippen molar-refractivity contribution in [3.05, 3.63) is 52.4 Å². The zero-order valence-corrected chi connectivity index (χ0v) is 9.57. The van der Waals surface area contributed by atoms with Gasteiger partial charge < -0.3 is 0 Å². The molecule has 0 bridgehead atoms. The first-order valence-electron chi connectivity index (χ1n) is 5.41. The number of pyridine rings is 2. The van der Waals surface area contributed by atoms with Gasteiger partial charge in [-0.15, -0.1) is 5.10 Å². The van der Waals surface area contributed by atoms with Crippen LogP contribution in [0.3, 0.4) is 0 Å². The van der Waals surface area contributed by atoms with Gasteiger partial charge in [-0.25, -0.2) is 0 Å². The summed E-state index contributed by atoms with van der Waals surface area (Å²) in [5.41, 5.74) is 0.660. The van der Waals surface area contributed by atoms with Gasteiger partial charge in [-0.3, -0.25) is 19.3 Å². The standard InChI is InChI=1S/C11H8N6O2/c18-9-5-4-7(8-3-1-2-6-17(8)9)10(19)12-11-13-15-16-14-11/h1-6H,(H2,12,13,14,15,16,19). The number of hydrogen-bond donors (Lipinski definition) is 2.